The minimum absolute atomic E-state index is 0.430. The van der Waals surface area contributed by atoms with Crippen molar-refractivity contribution in [1.82, 2.24) is 19.1 Å². The topological polar surface area (TPSA) is 69.9 Å². The summed E-state index contributed by atoms with van der Waals surface area (Å²) < 4.78 is 28.0. The van der Waals surface area contributed by atoms with Crippen LogP contribution in [0.15, 0.2) is 21.7 Å². The first-order valence-electron chi connectivity index (χ1n) is 8.96. The molecule has 1 saturated heterocycles. The molecular weight excluding hydrogens is 418 g/mol. The Morgan fingerprint density at radius 1 is 1.42 bits per heavy atom. The minimum Gasteiger partial charge on any atom is -0.357 e. The van der Waals surface area contributed by atoms with Gasteiger partial charge in [-0.3, -0.25) is 4.99 Å². The van der Waals surface area contributed by atoms with Crippen LogP contribution in [0.4, 0.5) is 0 Å². The number of nitrogens with one attached hydrogen (secondary N) is 1. The first-order valence-corrected chi connectivity index (χ1v) is 11.6. The van der Waals surface area contributed by atoms with Crippen LogP contribution in [0.2, 0.25) is 0 Å². The van der Waals surface area contributed by atoms with E-state index in [1.54, 1.807) is 4.31 Å². The number of halogens is 1. The van der Waals surface area contributed by atoms with E-state index in [1.165, 1.54) is 11.9 Å². The molecule has 1 fully saturated rings. The highest BCUT2D eigenvalue weighted by Crippen LogP contribution is 2.20. The van der Waals surface area contributed by atoms with Gasteiger partial charge in [0.2, 0.25) is 10.0 Å². The van der Waals surface area contributed by atoms with Crippen molar-refractivity contribution >= 4 is 31.9 Å². The molecule has 0 radical (unpaired) electrons. The van der Waals surface area contributed by atoms with Crippen molar-refractivity contribution in [2.24, 2.45) is 18.0 Å². The average molecular weight is 448 g/mol. The molecule has 1 aromatic rings. The number of sulfonamides is 1. The zero-order valence-electron chi connectivity index (χ0n) is 16.1. The van der Waals surface area contributed by atoms with Crippen LogP contribution in [-0.2, 0) is 23.6 Å². The van der Waals surface area contributed by atoms with Gasteiger partial charge in [-0.15, -0.1) is 0 Å². The van der Waals surface area contributed by atoms with E-state index in [0.29, 0.717) is 19.0 Å². The predicted octanol–water partition coefficient (Wildman–Crippen LogP) is 1.86. The van der Waals surface area contributed by atoms with Crippen molar-refractivity contribution in [1.29, 1.82) is 0 Å². The molecule has 0 aromatic carbocycles. The summed E-state index contributed by atoms with van der Waals surface area (Å²) >= 11 is 3.51. The van der Waals surface area contributed by atoms with Gasteiger partial charge in [-0.2, -0.15) is 0 Å². The van der Waals surface area contributed by atoms with Crippen molar-refractivity contribution < 1.29 is 8.42 Å². The van der Waals surface area contributed by atoms with Gasteiger partial charge in [0.1, 0.15) is 0 Å². The molecule has 1 N–H and O–H groups in total. The second kappa shape index (κ2) is 9.23. The van der Waals surface area contributed by atoms with Gasteiger partial charge in [-0.25, -0.2) is 12.7 Å². The Morgan fingerprint density at radius 2 is 2.08 bits per heavy atom. The standard InChI is InChI=1S/C17H30BrN5O2S/c1-5-19-17(22(3)13-16-10-15(18)12-21(16)2)20-11-14-6-8-23(9-7-14)26(4,24)25/h10,12,14H,5-9,11,13H2,1-4H3,(H,19,20). The van der Waals surface area contributed by atoms with E-state index in [-0.39, 0.29) is 0 Å². The third-order valence-electron chi connectivity index (χ3n) is 4.71. The molecule has 9 heteroatoms. The Kier molecular flexibility index (Phi) is 7.54. The normalized spacial score (nSPS) is 17.5. The fraction of sp³-hybridized carbons (Fsp3) is 0.706. The van der Waals surface area contributed by atoms with Crippen LogP contribution in [0.5, 0.6) is 0 Å². The maximum absolute atomic E-state index is 11.6. The fourth-order valence-corrected chi connectivity index (χ4v) is 4.60. The molecule has 0 bridgehead atoms. The SMILES string of the molecule is CCNC(=NCC1CCN(S(C)(=O)=O)CC1)N(C)Cc1cc(Br)cn1C. The van der Waals surface area contributed by atoms with Gasteiger partial charge in [-0.05, 0) is 47.7 Å². The van der Waals surface area contributed by atoms with Crippen molar-refractivity contribution in [3.05, 3.63) is 22.4 Å². The average Bonchev–Trinajstić information content (AvgIpc) is 2.88. The molecule has 2 rings (SSSR count). The number of piperidine rings is 1. The van der Waals surface area contributed by atoms with Gasteiger partial charge in [0.05, 0.1) is 12.8 Å². The molecule has 7 nitrogen and oxygen atoms in total. The first kappa shape index (κ1) is 21.2. The van der Waals surface area contributed by atoms with Crippen molar-refractivity contribution in [2.45, 2.75) is 26.3 Å². The highest BCUT2D eigenvalue weighted by Gasteiger charge is 2.24. The molecule has 0 saturated carbocycles. The predicted molar refractivity (Wildman–Crippen MR) is 110 cm³/mol. The number of nitrogens with zero attached hydrogens (tertiary/aromatic N) is 4. The number of hydrogen-bond acceptors (Lipinski definition) is 3. The summed E-state index contributed by atoms with van der Waals surface area (Å²) in [7, 11) is 1.00. The molecule has 1 aromatic heterocycles. The van der Waals surface area contributed by atoms with Gasteiger partial charge < -0.3 is 14.8 Å². The number of guanidine groups is 1. The van der Waals surface area contributed by atoms with Gasteiger partial charge in [0.25, 0.3) is 0 Å². The van der Waals surface area contributed by atoms with Crippen LogP contribution in [0, 0.1) is 5.92 Å². The van der Waals surface area contributed by atoms with E-state index in [1.807, 2.05) is 20.3 Å². The summed E-state index contributed by atoms with van der Waals surface area (Å²) in [6.45, 7) is 5.56. The Hall–Kier alpha value is -1.06. The zero-order chi connectivity index (χ0) is 19.3. The lowest BCUT2D eigenvalue weighted by Crippen LogP contribution is -2.40. The number of aliphatic imine (C=N–C) groups is 1. The van der Waals surface area contributed by atoms with Gasteiger partial charge in [0.15, 0.2) is 5.96 Å². The second-order valence-electron chi connectivity index (χ2n) is 6.92. The van der Waals surface area contributed by atoms with Crippen molar-refractivity contribution in [3.8, 4) is 0 Å². The van der Waals surface area contributed by atoms with Gasteiger partial charge in [-0.1, -0.05) is 0 Å². The molecule has 1 aliphatic heterocycles. The van der Waals surface area contributed by atoms with Crippen molar-refractivity contribution in [3.63, 3.8) is 0 Å². The van der Waals surface area contributed by atoms with E-state index < -0.39 is 10.0 Å². The van der Waals surface area contributed by atoms with Gasteiger partial charge >= 0.3 is 0 Å². The number of rotatable bonds is 6. The van der Waals surface area contributed by atoms with E-state index in [0.717, 1.165) is 42.9 Å². The van der Waals surface area contributed by atoms with Crippen LogP contribution < -0.4 is 5.32 Å². The molecule has 0 unspecified atom stereocenters. The largest absolute Gasteiger partial charge is 0.357 e. The lowest BCUT2D eigenvalue weighted by Gasteiger charge is -2.30. The van der Waals surface area contributed by atoms with E-state index in [4.69, 9.17) is 4.99 Å². The van der Waals surface area contributed by atoms with Crippen LogP contribution >= 0.6 is 15.9 Å². The lowest BCUT2D eigenvalue weighted by molar-refractivity contribution is 0.279. The van der Waals surface area contributed by atoms with Gasteiger partial charge in [0, 0.05) is 56.6 Å². The summed E-state index contributed by atoms with van der Waals surface area (Å²) in [4.78, 5) is 6.92. The second-order valence-corrected chi connectivity index (χ2v) is 9.81. The molecule has 0 spiro atoms. The highest BCUT2D eigenvalue weighted by molar-refractivity contribution is 9.10. The summed E-state index contributed by atoms with van der Waals surface area (Å²) in [6, 6.07) is 2.11. The number of aromatic nitrogens is 1. The monoisotopic (exact) mass is 447 g/mol. The maximum atomic E-state index is 11.6. The summed E-state index contributed by atoms with van der Waals surface area (Å²) in [5, 5.41) is 3.35. The molecule has 1 aliphatic rings. The molecule has 2 heterocycles. The number of hydrogen-bond donors (Lipinski definition) is 1. The first-order chi connectivity index (χ1) is 12.2. The molecule has 0 atom stereocenters. The Balaban J connectivity index is 1.95. The Labute approximate surface area is 165 Å². The van der Waals surface area contributed by atoms with E-state index >= 15 is 0 Å². The van der Waals surface area contributed by atoms with E-state index in [9.17, 15) is 8.42 Å². The fourth-order valence-electron chi connectivity index (χ4n) is 3.15. The van der Waals surface area contributed by atoms with Crippen LogP contribution in [-0.4, -0.2) is 67.6 Å². The van der Waals surface area contributed by atoms with Crippen LogP contribution in [0.3, 0.4) is 0 Å². The van der Waals surface area contributed by atoms with Crippen molar-refractivity contribution in [2.75, 3.05) is 39.5 Å². The van der Waals surface area contributed by atoms with Crippen LogP contribution in [0.1, 0.15) is 25.5 Å². The molecule has 0 amide bonds. The molecule has 148 valence electrons. The van der Waals surface area contributed by atoms with E-state index in [2.05, 4.69) is 43.7 Å². The zero-order valence-corrected chi connectivity index (χ0v) is 18.5. The van der Waals surface area contributed by atoms with Crippen LogP contribution in [0.25, 0.3) is 0 Å². The Morgan fingerprint density at radius 3 is 2.58 bits per heavy atom. The molecule has 0 aliphatic carbocycles. The molecular formula is C17H30BrN5O2S. The summed E-state index contributed by atoms with van der Waals surface area (Å²) in [5.74, 6) is 1.31. The smallest absolute Gasteiger partial charge is 0.211 e. The third kappa shape index (κ3) is 5.99. The summed E-state index contributed by atoms with van der Waals surface area (Å²) in [5.41, 5.74) is 1.20. The third-order valence-corrected chi connectivity index (χ3v) is 6.45. The lowest BCUT2D eigenvalue weighted by atomic mass is 9.98. The Bertz CT molecular complexity index is 724. The molecule has 26 heavy (non-hydrogen) atoms. The maximum Gasteiger partial charge on any atom is 0.211 e. The summed E-state index contributed by atoms with van der Waals surface area (Å²) in [6.07, 6.45) is 5.06. The highest BCUT2D eigenvalue weighted by atomic mass is 79.9. The number of aryl methyl sites for hydroxylation is 1. The quantitative estimate of drug-likeness (QED) is 0.533. The minimum atomic E-state index is -3.07.